The van der Waals surface area contributed by atoms with Gasteiger partial charge < -0.3 is 10.2 Å². The number of aryl methyl sites for hydroxylation is 1. The van der Waals surface area contributed by atoms with Crippen LogP contribution in [0, 0.1) is 5.92 Å². The van der Waals surface area contributed by atoms with Crippen LogP contribution in [-0.2, 0) is 6.42 Å². The van der Waals surface area contributed by atoms with Crippen molar-refractivity contribution in [3.8, 4) is 0 Å². The summed E-state index contributed by atoms with van der Waals surface area (Å²) in [6, 6.07) is 11.6. The lowest BCUT2D eigenvalue weighted by Gasteiger charge is -2.39. The zero-order valence-electron chi connectivity index (χ0n) is 13.9. The summed E-state index contributed by atoms with van der Waals surface area (Å²) in [7, 11) is 0. The van der Waals surface area contributed by atoms with Crippen LogP contribution < -0.4 is 5.32 Å². The van der Waals surface area contributed by atoms with Gasteiger partial charge >= 0.3 is 0 Å². The van der Waals surface area contributed by atoms with E-state index in [1.54, 1.807) is 0 Å². The van der Waals surface area contributed by atoms with E-state index in [9.17, 15) is 0 Å². The highest BCUT2D eigenvalue weighted by Crippen LogP contribution is 2.20. The van der Waals surface area contributed by atoms with Crippen LogP contribution in [0.15, 0.2) is 30.3 Å². The highest BCUT2D eigenvalue weighted by Gasteiger charge is 2.26. The van der Waals surface area contributed by atoms with Gasteiger partial charge in [0.25, 0.3) is 0 Å². The van der Waals surface area contributed by atoms with Gasteiger partial charge in [-0.15, -0.1) is 0 Å². The molecule has 1 heterocycles. The van der Waals surface area contributed by atoms with Crippen LogP contribution in [0.2, 0.25) is 0 Å². The summed E-state index contributed by atoms with van der Waals surface area (Å²) in [6.07, 6.45) is 6.37. The minimum atomic E-state index is 0.750. The maximum Gasteiger partial charge on any atom is 0.0120 e. The third-order valence-electron chi connectivity index (χ3n) is 4.78. The van der Waals surface area contributed by atoms with Gasteiger partial charge in [0.2, 0.25) is 0 Å². The Morgan fingerprint density at radius 1 is 1.19 bits per heavy atom. The van der Waals surface area contributed by atoms with Crippen molar-refractivity contribution in [2.75, 3.05) is 26.2 Å². The van der Waals surface area contributed by atoms with Crippen molar-refractivity contribution in [2.24, 2.45) is 5.92 Å². The highest BCUT2D eigenvalue weighted by atomic mass is 15.1. The molecule has 0 bridgehead atoms. The quantitative estimate of drug-likeness (QED) is 0.784. The van der Waals surface area contributed by atoms with Crippen LogP contribution in [0.3, 0.4) is 0 Å². The molecule has 0 spiro atoms. The third-order valence-corrected chi connectivity index (χ3v) is 4.78. The fourth-order valence-corrected chi connectivity index (χ4v) is 3.47. The maximum atomic E-state index is 3.75. The van der Waals surface area contributed by atoms with E-state index in [1.165, 1.54) is 63.8 Å². The van der Waals surface area contributed by atoms with E-state index in [1.807, 2.05) is 0 Å². The molecule has 1 fully saturated rings. The van der Waals surface area contributed by atoms with Crippen LogP contribution in [-0.4, -0.2) is 37.1 Å². The Labute approximate surface area is 130 Å². The summed E-state index contributed by atoms with van der Waals surface area (Å²) < 4.78 is 0. The van der Waals surface area contributed by atoms with Gasteiger partial charge in [0.15, 0.2) is 0 Å². The molecule has 1 aromatic rings. The number of likely N-dealkylation sites (tertiary alicyclic amines) is 1. The van der Waals surface area contributed by atoms with E-state index in [0.717, 1.165) is 12.0 Å². The topological polar surface area (TPSA) is 15.3 Å². The van der Waals surface area contributed by atoms with E-state index in [0.29, 0.717) is 0 Å². The van der Waals surface area contributed by atoms with E-state index < -0.39 is 0 Å². The van der Waals surface area contributed by atoms with Gasteiger partial charge in [0, 0.05) is 12.6 Å². The lowest BCUT2D eigenvalue weighted by atomic mass is 9.89. The Kier molecular flexibility index (Phi) is 7.25. The molecule has 118 valence electrons. The number of nitrogens with zero attached hydrogens (tertiary/aromatic N) is 1. The number of benzene rings is 1. The molecule has 0 radical (unpaired) electrons. The SMILES string of the molecule is CCCNC1CCN(CCCc2ccccc2)CC1CC. The number of rotatable bonds is 8. The Balaban J connectivity index is 1.70. The second-order valence-electron chi connectivity index (χ2n) is 6.41. The second-order valence-corrected chi connectivity index (χ2v) is 6.41. The van der Waals surface area contributed by atoms with E-state index in [2.05, 4.69) is 54.4 Å². The second kappa shape index (κ2) is 9.22. The molecule has 1 aliphatic heterocycles. The molecule has 2 heteroatoms. The molecule has 0 amide bonds. The van der Waals surface area contributed by atoms with Crippen LogP contribution in [0.25, 0.3) is 0 Å². The average Bonchev–Trinajstić information content (AvgIpc) is 2.54. The molecular formula is C19H32N2. The lowest BCUT2D eigenvalue weighted by molar-refractivity contribution is 0.134. The maximum absolute atomic E-state index is 3.75. The van der Waals surface area contributed by atoms with E-state index in [-0.39, 0.29) is 0 Å². The standard InChI is InChI=1S/C19H32N2/c1-3-13-20-19-12-15-21(16-18(19)4-2)14-8-11-17-9-6-5-7-10-17/h5-7,9-10,18-20H,3-4,8,11-16H2,1-2H3. The minimum absolute atomic E-state index is 0.750. The van der Waals surface area contributed by atoms with Gasteiger partial charge in [-0.3, -0.25) is 0 Å². The van der Waals surface area contributed by atoms with Crippen LogP contribution in [0.4, 0.5) is 0 Å². The fourth-order valence-electron chi connectivity index (χ4n) is 3.47. The third kappa shape index (κ3) is 5.44. The van der Waals surface area contributed by atoms with E-state index in [4.69, 9.17) is 0 Å². The summed E-state index contributed by atoms with van der Waals surface area (Å²) in [4.78, 5) is 2.68. The summed E-state index contributed by atoms with van der Waals surface area (Å²) in [5.74, 6) is 0.835. The Hall–Kier alpha value is -0.860. The van der Waals surface area contributed by atoms with Gasteiger partial charge in [0.05, 0.1) is 0 Å². The van der Waals surface area contributed by atoms with Crippen molar-refractivity contribution in [1.29, 1.82) is 0 Å². The molecule has 2 atom stereocenters. The van der Waals surface area contributed by atoms with Crippen molar-refractivity contribution < 1.29 is 0 Å². The number of hydrogen-bond donors (Lipinski definition) is 1. The predicted octanol–water partition coefficient (Wildman–Crippen LogP) is 3.72. The van der Waals surface area contributed by atoms with Gasteiger partial charge in [0.1, 0.15) is 0 Å². The Morgan fingerprint density at radius 2 is 2.00 bits per heavy atom. The molecule has 2 unspecified atom stereocenters. The molecule has 0 saturated carbocycles. The average molecular weight is 288 g/mol. The summed E-state index contributed by atoms with van der Waals surface area (Å²) >= 11 is 0. The first-order valence-corrected chi connectivity index (χ1v) is 8.83. The van der Waals surface area contributed by atoms with E-state index >= 15 is 0 Å². The fraction of sp³-hybridized carbons (Fsp3) is 0.684. The van der Waals surface area contributed by atoms with Crippen molar-refractivity contribution in [1.82, 2.24) is 10.2 Å². The minimum Gasteiger partial charge on any atom is -0.314 e. The van der Waals surface area contributed by atoms with Crippen molar-refractivity contribution in [3.05, 3.63) is 35.9 Å². The van der Waals surface area contributed by atoms with Crippen molar-refractivity contribution in [3.63, 3.8) is 0 Å². The van der Waals surface area contributed by atoms with Gasteiger partial charge in [-0.2, -0.15) is 0 Å². The lowest BCUT2D eigenvalue weighted by Crippen LogP contribution is -2.49. The molecule has 1 N–H and O–H groups in total. The molecular weight excluding hydrogens is 256 g/mol. The molecule has 0 aliphatic carbocycles. The molecule has 21 heavy (non-hydrogen) atoms. The monoisotopic (exact) mass is 288 g/mol. The van der Waals surface area contributed by atoms with Crippen LogP contribution in [0.1, 0.15) is 45.1 Å². The predicted molar refractivity (Wildman–Crippen MR) is 91.7 cm³/mol. The summed E-state index contributed by atoms with van der Waals surface area (Å²) in [5.41, 5.74) is 1.48. The summed E-state index contributed by atoms with van der Waals surface area (Å²) in [5, 5.41) is 3.75. The Bertz CT molecular complexity index is 376. The zero-order chi connectivity index (χ0) is 14.9. The first-order chi connectivity index (χ1) is 10.3. The van der Waals surface area contributed by atoms with Gasteiger partial charge in [-0.1, -0.05) is 50.6 Å². The first kappa shape index (κ1) is 16.5. The molecule has 1 aromatic carbocycles. The van der Waals surface area contributed by atoms with Gasteiger partial charge in [-0.25, -0.2) is 0 Å². The number of hydrogen-bond acceptors (Lipinski definition) is 2. The summed E-state index contributed by atoms with van der Waals surface area (Å²) in [6.45, 7) is 9.59. The molecule has 2 rings (SSSR count). The number of piperidine rings is 1. The number of nitrogens with one attached hydrogen (secondary N) is 1. The van der Waals surface area contributed by atoms with Crippen molar-refractivity contribution >= 4 is 0 Å². The molecule has 1 saturated heterocycles. The highest BCUT2D eigenvalue weighted by molar-refractivity contribution is 5.14. The molecule has 2 nitrogen and oxygen atoms in total. The Morgan fingerprint density at radius 3 is 2.71 bits per heavy atom. The molecule has 1 aliphatic rings. The normalized spacial score (nSPS) is 23.3. The van der Waals surface area contributed by atoms with Crippen molar-refractivity contribution in [2.45, 2.75) is 52.0 Å². The largest absolute Gasteiger partial charge is 0.314 e. The smallest absolute Gasteiger partial charge is 0.0120 e. The first-order valence-electron chi connectivity index (χ1n) is 8.83. The van der Waals surface area contributed by atoms with Crippen LogP contribution in [0.5, 0.6) is 0 Å². The zero-order valence-corrected chi connectivity index (χ0v) is 13.9. The molecule has 0 aromatic heterocycles. The van der Waals surface area contributed by atoms with Gasteiger partial charge in [-0.05, 0) is 56.8 Å². The van der Waals surface area contributed by atoms with Crippen LogP contribution >= 0.6 is 0 Å².